The maximum absolute atomic E-state index is 12.5. The van der Waals surface area contributed by atoms with Crippen molar-refractivity contribution >= 4 is 17.7 Å². The standard InChI is InChI=1S/C23H22N6O/c24-15-20-16-25-23(27-21(20)26-22(30)19-9-5-2-6-10-19)29-13-11-28(12-14-29)17-18-7-3-1-4-8-18/h1-10,16H,11-14,17H2,(H,25,26,27,30). The van der Waals surface area contributed by atoms with Crippen LogP contribution in [0.4, 0.5) is 11.8 Å². The lowest BCUT2D eigenvalue weighted by atomic mass is 10.2. The van der Waals surface area contributed by atoms with Gasteiger partial charge in [0.15, 0.2) is 5.82 Å². The molecule has 30 heavy (non-hydrogen) atoms. The zero-order valence-corrected chi connectivity index (χ0v) is 16.5. The van der Waals surface area contributed by atoms with Crippen LogP contribution in [-0.4, -0.2) is 47.0 Å². The zero-order valence-electron chi connectivity index (χ0n) is 16.5. The van der Waals surface area contributed by atoms with E-state index in [1.165, 1.54) is 11.8 Å². The molecule has 1 aliphatic rings. The van der Waals surface area contributed by atoms with Crippen LogP contribution >= 0.6 is 0 Å². The minimum absolute atomic E-state index is 0.239. The van der Waals surface area contributed by atoms with Gasteiger partial charge in [0.05, 0.1) is 6.20 Å². The molecule has 7 nitrogen and oxygen atoms in total. The van der Waals surface area contributed by atoms with Crippen LogP contribution in [0.2, 0.25) is 0 Å². The Morgan fingerprint density at radius 2 is 1.67 bits per heavy atom. The van der Waals surface area contributed by atoms with E-state index in [1.54, 1.807) is 24.3 Å². The first kappa shape index (κ1) is 19.6. The summed E-state index contributed by atoms with van der Waals surface area (Å²) in [5.74, 6) is 0.462. The average molecular weight is 398 g/mol. The minimum Gasteiger partial charge on any atom is -0.338 e. The molecule has 1 saturated heterocycles. The van der Waals surface area contributed by atoms with Gasteiger partial charge < -0.3 is 10.2 Å². The van der Waals surface area contributed by atoms with E-state index in [2.05, 4.69) is 55.4 Å². The Bertz CT molecular complexity index is 1040. The molecule has 2 heterocycles. The first-order valence-corrected chi connectivity index (χ1v) is 9.88. The van der Waals surface area contributed by atoms with E-state index in [0.717, 1.165) is 32.7 Å². The van der Waals surface area contributed by atoms with Crippen molar-refractivity contribution < 1.29 is 4.79 Å². The van der Waals surface area contributed by atoms with Crippen LogP contribution in [0.25, 0.3) is 0 Å². The normalized spacial score (nSPS) is 14.2. The number of carbonyl (C=O) groups is 1. The number of nitrogens with zero attached hydrogens (tertiary/aromatic N) is 5. The van der Waals surface area contributed by atoms with Crippen LogP contribution in [0.5, 0.6) is 0 Å². The van der Waals surface area contributed by atoms with E-state index >= 15 is 0 Å². The molecule has 1 N–H and O–H groups in total. The highest BCUT2D eigenvalue weighted by Gasteiger charge is 2.21. The number of carbonyl (C=O) groups excluding carboxylic acids is 1. The smallest absolute Gasteiger partial charge is 0.256 e. The summed E-state index contributed by atoms with van der Waals surface area (Å²) in [7, 11) is 0. The number of amides is 1. The molecule has 7 heteroatoms. The van der Waals surface area contributed by atoms with Gasteiger partial charge in [-0.15, -0.1) is 0 Å². The van der Waals surface area contributed by atoms with Crippen molar-refractivity contribution in [2.24, 2.45) is 0 Å². The highest BCUT2D eigenvalue weighted by Crippen LogP contribution is 2.19. The van der Waals surface area contributed by atoms with Crippen LogP contribution in [0, 0.1) is 11.3 Å². The van der Waals surface area contributed by atoms with E-state index in [1.807, 2.05) is 12.1 Å². The molecule has 0 spiro atoms. The Balaban J connectivity index is 1.43. The Morgan fingerprint density at radius 3 is 2.33 bits per heavy atom. The van der Waals surface area contributed by atoms with E-state index in [4.69, 9.17) is 0 Å². The van der Waals surface area contributed by atoms with Crippen molar-refractivity contribution in [1.82, 2.24) is 14.9 Å². The van der Waals surface area contributed by atoms with Crippen LogP contribution in [0.3, 0.4) is 0 Å². The average Bonchev–Trinajstić information content (AvgIpc) is 2.81. The predicted molar refractivity (Wildman–Crippen MR) is 115 cm³/mol. The van der Waals surface area contributed by atoms with Gasteiger partial charge in [0.1, 0.15) is 11.6 Å². The highest BCUT2D eigenvalue weighted by atomic mass is 16.1. The van der Waals surface area contributed by atoms with Gasteiger partial charge in [0.25, 0.3) is 5.91 Å². The van der Waals surface area contributed by atoms with Gasteiger partial charge in [0, 0.05) is 38.3 Å². The van der Waals surface area contributed by atoms with Gasteiger partial charge >= 0.3 is 0 Å². The topological polar surface area (TPSA) is 85.2 Å². The number of aromatic nitrogens is 2. The highest BCUT2D eigenvalue weighted by molar-refractivity contribution is 6.04. The lowest BCUT2D eigenvalue weighted by molar-refractivity contribution is 0.102. The van der Waals surface area contributed by atoms with Crippen LogP contribution in [0.1, 0.15) is 21.5 Å². The molecule has 1 aliphatic heterocycles. The van der Waals surface area contributed by atoms with Gasteiger partial charge in [-0.25, -0.2) is 4.98 Å². The number of benzene rings is 2. The molecule has 0 bridgehead atoms. The molecule has 0 unspecified atom stereocenters. The summed E-state index contributed by atoms with van der Waals surface area (Å²) in [5.41, 5.74) is 2.05. The van der Waals surface area contributed by atoms with E-state index in [0.29, 0.717) is 11.5 Å². The minimum atomic E-state index is -0.301. The Labute approximate surface area is 175 Å². The maximum atomic E-state index is 12.5. The number of nitrogens with one attached hydrogen (secondary N) is 1. The second-order valence-corrected chi connectivity index (χ2v) is 7.11. The third-order valence-corrected chi connectivity index (χ3v) is 5.07. The molecule has 150 valence electrons. The number of hydrogen-bond donors (Lipinski definition) is 1. The van der Waals surface area contributed by atoms with Gasteiger partial charge in [-0.05, 0) is 17.7 Å². The fourth-order valence-corrected chi connectivity index (χ4v) is 3.42. The monoisotopic (exact) mass is 398 g/mol. The van der Waals surface area contributed by atoms with Crippen molar-refractivity contribution in [3.05, 3.63) is 83.6 Å². The fraction of sp³-hybridized carbons (Fsp3) is 0.217. The van der Waals surface area contributed by atoms with E-state index < -0.39 is 0 Å². The van der Waals surface area contributed by atoms with E-state index in [-0.39, 0.29) is 17.3 Å². The molecule has 2 aromatic carbocycles. The molecule has 0 atom stereocenters. The molecule has 3 aromatic rings. The number of rotatable bonds is 5. The summed E-state index contributed by atoms with van der Waals surface area (Å²) in [6, 6.07) is 21.3. The maximum Gasteiger partial charge on any atom is 0.256 e. The van der Waals surface area contributed by atoms with Gasteiger partial charge in [0.2, 0.25) is 5.95 Å². The molecule has 1 amide bonds. The summed E-state index contributed by atoms with van der Waals surface area (Å²) >= 11 is 0. The number of hydrogen-bond acceptors (Lipinski definition) is 6. The zero-order chi connectivity index (χ0) is 20.8. The first-order valence-electron chi connectivity index (χ1n) is 9.88. The number of piperazine rings is 1. The second-order valence-electron chi connectivity index (χ2n) is 7.11. The molecule has 1 fully saturated rings. The van der Waals surface area contributed by atoms with Crippen LogP contribution in [-0.2, 0) is 6.54 Å². The summed E-state index contributed by atoms with van der Waals surface area (Å²) < 4.78 is 0. The van der Waals surface area contributed by atoms with Crippen molar-refractivity contribution in [1.29, 1.82) is 5.26 Å². The Hall–Kier alpha value is -3.76. The third-order valence-electron chi connectivity index (χ3n) is 5.07. The molecular formula is C23H22N6O. The molecule has 0 aliphatic carbocycles. The molecule has 1 aromatic heterocycles. The van der Waals surface area contributed by atoms with Gasteiger partial charge in [-0.1, -0.05) is 48.5 Å². The van der Waals surface area contributed by atoms with Crippen molar-refractivity contribution in [3.63, 3.8) is 0 Å². The van der Waals surface area contributed by atoms with Crippen LogP contribution < -0.4 is 10.2 Å². The molecule has 0 saturated carbocycles. The summed E-state index contributed by atoms with van der Waals surface area (Å²) in [6.07, 6.45) is 1.47. The fourth-order valence-electron chi connectivity index (χ4n) is 3.42. The lowest BCUT2D eigenvalue weighted by Gasteiger charge is -2.34. The second kappa shape index (κ2) is 9.16. The van der Waals surface area contributed by atoms with Crippen LogP contribution in [0.15, 0.2) is 66.9 Å². The summed E-state index contributed by atoms with van der Waals surface area (Å²) in [6.45, 7) is 4.27. The SMILES string of the molecule is N#Cc1cnc(N2CCN(Cc3ccccc3)CC2)nc1NC(=O)c1ccccc1. The van der Waals surface area contributed by atoms with Gasteiger partial charge in [-0.3, -0.25) is 9.69 Å². The Kier molecular flexibility index (Phi) is 5.97. The number of nitriles is 1. The van der Waals surface area contributed by atoms with Crippen molar-refractivity contribution in [2.45, 2.75) is 6.54 Å². The Morgan fingerprint density at radius 1 is 1.00 bits per heavy atom. The first-order chi connectivity index (χ1) is 14.7. The summed E-state index contributed by atoms with van der Waals surface area (Å²) in [4.78, 5) is 25.8. The largest absolute Gasteiger partial charge is 0.338 e. The van der Waals surface area contributed by atoms with E-state index in [9.17, 15) is 10.1 Å². The third kappa shape index (κ3) is 4.62. The molecular weight excluding hydrogens is 376 g/mol. The van der Waals surface area contributed by atoms with Crippen molar-refractivity contribution in [3.8, 4) is 6.07 Å². The molecule has 0 radical (unpaired) electrons. The lowest BCUT2D eigenvalue weighted by Crippen LogP contribution is -2.46. The predicted octanol–water partition coefficient (Wildman–Crippen LogP) is 2.92. The van der Waals surface area contributed by atoms with Gasteiger partial charge in [-0.2, -0.15) is 10.2 Å². The molecule has 4 rings (SSSR count). The van der Waals surface area contributed by atoms with Crippen molar-refractivity contribution in [2.75, 3.05) is 36.4 Å². The number of anilines is 2. The summed E-state index contributed by atoms with van der Waals surface area (Å²) in [5, 5.41) is 12.1. The quantitative estimate of drug-likeness (QED) is 0.711.